The summed E-state index contributed by atoms with van der Waals surface area (Å²) in [6.07, 6.45) is 3.71. The third kappa shape index (κ3) is 3.84. The molecule has 4 nitrogen and oxygen atoms in total. The summed E-state index contributed by atoms with van der Waals surface area (Å²) in [6.45, 7) is 18.6. The smallest absolute Gasteiger partial charge is 0.192 e. The van der Waals surface area contributed by atoms with Crippen LogP contribution in [0.4, 0.5) is 0 Å². The Kier molecular flexibility index (Phi) is 5.51. The first-order chi connectivity index (χ1) is 10.9. The van der Waals surface area contributed by atoms with E-state index in [1.54, 1.807) is 0 Å². The zero-order chi connectivity index (χ0) is 18.2. The van der Waals surface area contributed by atoms with Crippen LogP contribution in [0.15, 0.2) is 12.7 Å². The first-order valence-electron chi connectivity index (χ1n) is 9.02. The summed E-state index contributed by atoms with van der Waals surface area (Å²) < 4.78 is 18.3. The average molecular weight is 355 g/mol. The second kappa shape index (κ2) is 6.67. The highest BCUT2D eigenvalue weighted by atomic mass is 28.4. The van der Waals surface area contributed by atoms with Gasteiger partial charge < -0.3 is 13.9 Å². The molecular weight excluding hydrogens is 320 g/mol. The van der Waals surface area contributed by atoms with E-state index in [2.05, 4.69) is 40.4 Å². The Morgan fingerprint density at radius 3 is 2.42 bits per heavy atom. The Labute approximate surface area is 148 Å². The van der Waals surface area contributed by atoms with Gasteiger partial charge in [-0.05, 0) is 24.6 Å². The maximum atomic E-state index is 13.1. The predicted octanol–water partition coefficient (Wildman–Crippen LogP) is 4.31. The van der Waals surface area contributed by atoms with E-state index in [0.717, 1.165) is 0 Å². The summed E-state index contributed by atoms with van der Waals surface area (Å²) in [5.41, 5.74) is -0.564. The van der Waals surface area contributed by atoms with E-state index in [4.69, 9.17) is 13.9 Å². The molecule has 2 rings (SSSR count). The number of carbonyl (C=O) groups excluding carboxylic acids is 1. The van der Waals surface area contributed by atoms with Crippen molar-refractivity contribution in [2.75, 3.05) is 19.8 Å². The lowest BCUT2D eigenvalue weighted by Crippen LogP contribution is -2.54. The minimum absolute atomic E-state index is 0.0950. The molecule has 0 radical (unpaired) electrons. The molecule has 0 amide bonds. The SMILES string of the molecule is C=CCC1CC2(CC(C)(CO[Si](C)(C)C(C)(C)C)C1=O)OCCO2. The van der Waals surface area contributed by atoms with Crippen molar-refractivity contribution < 1.29 is 18.7 Å². The fourth-order valence-corrected chi connectivity index (χ4v) is 4.61. The van der Waals surface area contributed by atoms with Gasteiger partial charge in [-0.25, -0.2) is 0 Å². The number of hydrogen-bond donors (Lipinski definition) is 0. The van der Waals surface area contributed by atoms with Crippen molar-refractivity contribution in [2.24, 2.45) is 11.3 Å². The summed E-state index contributed by atoms with van der Waals surface area (Å²) in [4.78, 5) is 13.1. The van der Waals surface area contributed by atoms with Crippen LogP contribution in [0, 0.1) is 11.3 Å². The minimum atomic E-state index is -1.91. The van der Waals surface area contributed by atoms with Crippen molar-refractivity contribution in [1.82, 2.24) is 0 Å². The van der Waals surface area contributed by atoms with Crippen LogP contribution >= 0.6 is 0 Å². The maximum absolute atomic E-state index is 13.1. The molecule has 5 heteroatoms. The summed E-state index contributed by atoms with van der Waals surface area (Å²) in [7, 11) is -1.91. The summed E-state index contributed by atoms with van der Waals surface area (Å²) in [5.74, 6) is -0.444. The fraction of sp³-hybridized carbons (Fsp3) is 0.842. The molecular formula is C19H34O4Si. The molecule has 0 aromatic carbocycles. The molecule has 0 aromatic heterocycles. The van der Waals surface area contributed by atoms with Gasteiger partial charge in [0.1, 0.15) is 5.78 Å². The maximum Gasteiger partial charge on any atom is 0.192 e. The number of hydrogen-bond acceptors (Lipinski definition) is 4. The van der Waals surface area contributed by atoms with Crippen LogP contribution in [0.1, 0.15) is 47.0 Å². The second-order valence-electron chi connectivity index (χ2n) is 9.18. The largest absolute Gasteiger partial charge is 0.416 e. The van der Waals surface area contributed by atoms with E-state index in [1.807, 2.05) is 13.0 Å². The Hall–Kier alpha value is -0.493. The van der Waals surface area contributed by atoms with Crippen molar-refractivity contribution in [3.8, 4) is 0 Å². The molecule has 0 bridgehead atoms. The Morgan fingerprint density at radius 1 is 1.33 bits per heavy atom. The summed E-state index contributed by atoms with van der Waals surface area (Å²) >= 11 is 0. The molecule has 1 aliphatic heterocycles. The van der Waals surface area contributed by atoms with Crippen LogP contribution < -0.4 is 0 Å². The van der Waals surface area contributed by atoms with Gasteiger partial charge in [0.2, 0.25) is 0 Å². The number of carbonyl (C=O) groups is 1. The zero-order valence-electron chi connectivity index (χ0n) is 16.2. The molecule has 0 aromatic rings. The van der Waals surface area contributed by atoms with Crippen LogP contribution in [-0.4, -0.2) is 39.7 Å². The topological polar surface area (TPSA) is 44.8 Å². The molecule has 1 spiro atoms. The van der Waals surface area contributed by atoms with Crippen molar-refractivity contribution in [3.05, 3.63) is 12.7 Å². The van der Waals surface area contributed by atoms with Gasteiger partial charge in [0.25, 0.3) is 0 Å². The highest BCUT2D eigenvalue weighted by molar-refractivity contribution is 6.74. The van der Waals surface area contributed by atoms with Gasteiger partial charge in [0, 0.05) is 25.4 Å². The molecule has 2 unspecified atom stereocenters. The highest BCUT2D eigenvalue weighted by Crippen LogP contribution is 2.48. The predicted molar refractivity (Wildman–Crippen MR) is 98.4 cm³/mol. The van der Waals surface area contributed by atoms with Crippen molar-refractivity contribution >= 4 is 14.1 Å². The van der Waals surface area contributed by atoms with Crippen LogP contribution in [0.3, 0.4) is 0 Å². The van der Waals surface area contributed by atoms with Gasteiger partial charge in [-0.1, -0.05) is 33.8 Å². The van der Waals surface area contributed by atoms with E-state index in [-0.39, 0.29) is 16.7 Å². The van der Waals surface area contributed by atoms with Gasteiger partial charge in [-0.3, -0.25) is 4.79 Å². The van der Waals surface area contributed by atoms with Gasteiger partial charge in [-0.2, -0.15) is 0 Å². The molecule has 2 fully saturated rings. The Bertz CT molecular complexity index is 488. The molecule has 1 saturated heterocycles. The molecule has 1 heterocycles. The van der Waals surface area contributed by atoms with E-state index in [1.165, 1.54) is 0 Å². The van der Waals surface area contributed by atoms with Crippen LogP contribution in [-0.2, 0) is 18.7 Å². The van der Waals surface area contributed by atoms with Crippen molar-refractivity contribution in [1.29, 1.82) is 0 Å². The standard InChI is InChI=1S/C19H34O4Si/c1-8-9-15-12-19(21-10-11-22-19)13-18(5,16(15)20)14-23-24(6,7)17(2,3)4/h8,15H,1,9-14H2,2-7H3. The molecule has 2 aliphatic rings. The number of ketones is 1. The van der Waals surface area contributed by atoms with Crippen LogP contribution in [0.25, 0.3) is 0 Å². The number of allylic oxidation sites excluding steroid dienone is 1. The van der Waals surface area contributed by atoms with E-state index in [0.29, 0.717) is 39.1 Å². The Balaban J connectivity index is 2.20. The van der Waals surface area contributed by atoms with Crippen molar-refractivity contribution in [2.45, 2.75) is 70.9 Å². The normalized spacial score (nSPS) is 30.8. The number of rotatable bonds is 5. The first kappa shape index (κ1) is 19.8. The second-order valence-corrected chi connectivity index (χ2v) is 14.0. The third-order valence-electron chi connectivity index (χ3n) is 6.01. The molecule has 2 atom stereocenters. The van der Waals surface area contributed by atoms with Crippen LogP contribution in [0.2, 0.25) is 18.1 Å². The quantitative estimate of drug-likeness (QED) is 0.545. The third-order valence-corrected chi connectivity index (χ3v) is 10.5. The van der Waals surface area contributed by atoms with Crippen molar-refractivity contribution in [3.63, 3.8) is 0 Å². The van der Waals surface area contributed by atoms with E-state index < -0.39 is 19.5 Å². The van der Waals surface area contributed by atoms with E-state index in [9.17, 15) is 4.79 Å². The van der Waals surface area contributed by atoms with E-state index >= 15 is 0 Å². The lowest BCUT2D eigenvalue weighted by Gasteiger charge is -2.47. The Morgan fingerprint density at radius 2 is 1.92 bits per heavy atom. The molecule has 1 aliphatic carbocycles. The van der Waals surface area contributed by atoms with Gasteiger partial charge >= 0.3 is 0 Å². The average Bonchev–Trinajstić information content (AvgIpc) is 2.89. The number of Topliss-reactive ketones (excluding diaryl/α,β-unsaturated/α-hetero) is 1. The monoisotopic (exact) mass is 354 g/mol. The lowest BCUT2D eigenvalue weighted by atomic mass is 9.66. The number of ether oxygens (including phenoxy) is 2. The molecule has 138 valence electrons. The van der Waals surface area contributed by atoms with Gasteiger partial charge in [0.15, 0.2) is 14.1 Å². The fourth-order valence-electron chi connectivity index (χ4n) is 3.50. The van der Waals surface area contributed by atoms with Gasteiger partial charge in [-0.15, -0.1) is 6.58 Å². The summed E-state index contributed by atoms with van der Waals surface area (Å²) in [5, 5.41) is 0.125. The summed E-state index contributed by atoms with van der Waals surface area (Å²) in [6, 6.07) is 0. The first-order valence-corrected chi connectivity index (χ1v) is 11.9. The zero-order valence-corrected chi connectivity index (χ0v) is 17.2. The molecule has 1 saturated carbocycles. The molecule has 24 heavy (non-hydrogen) atoms. The van der Waals surface area contributed by atoms with Gasteiger partial charge in [0.05, 0.1) is 18.6 Å². The van der Waals surface area contributed by atoms with Crippen LogP contribution in [0.5, 0.6) is 0 Å². The lowest BCUT2D eigenvalue weighted by molar-refractivity contribution is -0.212. The highest BCUT2D eigenvalue weighted by Gasteiger charge is 2.55. The molecule has 0 N–H and O–H groups in total. The minimum Gasteiger partial charge on any atom is -0.416 e.